The van der Waals surface area contributed by atoms with Crippen LogP contribution in [0.2, 0.25) is 0 Å². The van der Waals surface area contributed by atoms with E-state index in [4.69, 9.17) is 14.2 Å². The predicted octanol–water partition coefficient (Wildman–Crippen LogP) is 1.87. The predicted molar refractivity (Wildman–Crippen MR) is 57.8 cm³/mol. The third kappa shape index (κ3) is 2.81. The minimum absolute atomic E-state index is 0.384. The first kappa shape index (κ1) is 12.0. The lowest BCUT2D eigenvalue weighted by Gasteiger charge is -2.31. The Kier molecular flexibility index (Phi) is 3.95. The Hall–Kier alpha value is -0.450. The SMILES string of the molecule is CCOC1(CC2CCC(=O)CC2)OCCO1. The molecule has 16 heavy (non-hydrogen) atoms. The summed E-state index contributed by atoms with van der Waals surface area (Å²) < 4.78 is 16.8. The van der Waals surface area contributed by atoms with E-state index in [1.807, 2.05) is 6.92 Å². The van der Waals surface area contributed by atoms with Crippen LogP contribution in [0.1, 0.15) is 39.0 Å². The second kappa shape index (κ2) is 5.25. The van der Waals surface area contributed by atoms with E-state index >= 15 is 0 Å². The average molecular weight is 228 g/mol. The largest absolute Gasteiger partial charge is 0.328 e. The smallest absolute Gasteiger partial charge is 0.283 e. The topological polar surface area (TPSA) is 44.8 Å². The molecule has 2 fully saturated rings. The molecule has 92 valence electrons. The molecule has 0 aromatic rings. The van der Waals surface area contributed by atoms with Gasteiger partial charge in [-0.1, -0.05) is 0 Å². The van der Waals surface area contributed by atoms with Crippen molar-refractivity contribution in [2.75, 3.05) is 19.8 Å². The van der Waals surface area contributed by atoms with E-state index < -0.39 is 5.97 Å². The molecule has 0 spiro atoms. The van der Waals surface area contributed by atoms with Crippen molar-refractivity contribution in [3.8, 4) is 0 Å². The summed E-state index contributed by atoms with van der Waals surface area (Å²) >= 11 is 0. The zero-order chi connectivity index (χ0) is 11.4. The molecule has 1 heterocycles. The molecule has 0 atom stereocenters. The summed E-state index contributed by atoms with van der Waals surface area (Å²) in [5.41, 5.74) is 0. The summed E-state index contributed by atoms with van der Waals surface area (Å²) in [6.07, 6.45) is 4.05. The van der Waals surface area contributed by atoms with Crippen molar-refractivity contribution in [2.45, 2.75) is 45.0 Å². The standard InChI is InChI=1S/C12H20O4/c1-2-14-12(15-7-8-16-12)9-10-3-5-11(13)6-4-10/h10H,2-9H2,1H3. The Bertz CT molecular complexity index is 235. The van der Waals surface area contributed by atoms with E-state index in [1.54, 1.807) is 0 Å². The lowest BCUT2D eigenvalue weighted by Crippen LogP contribution is -2.37. The highest BCUT2D eigenvalue weighted by atomic mass is 16.9. The summed E-state index contributed by atoms with van der Waals surface area (Å²) in [5.74, 6) is 0.0529. The summed E-state index contributed by atoms with van der Waals surface area (Å²) in [5, 5.41) is 0. The summed E-state index contributed by atoms with van der Waals surface area (Å²) in [4.78, 5) is 11.2. The zero-order valence-corrected chi connectivity index (χ0v) is 9.87. The number of carbonyl (C=O) groups is 1. The van der Waals surface area contributed by atoms with Crippen molar-refractivity contribution < 1.29 is 19.0 Å². The van der Waals surface area contributed by atoms with E-state index in [0.717, 1.165) is 19.3 Å². The van der Waals surface area contributed by atoms with Crippen molar-refractivity contribution in [3.63, 3.8) is 0 Å². The molecule has 4 nitrogen and oxygen atoms in total. The maximum atomic E-state index is 11.2. The molecule has 2 rings (SSSR count). The molecule has 1 aliphatic heterocycles. The first-order valence-electron chi connectivity index (χ1n) is 6.18. The number of carbonyl (C=O) groups excluding carboxylic acids is 1. The maximum Gasteiger partial charge on any atom is 0.283 e. The van der Waals surface area contributed by atoms with Crippen LogP contribution in [0.25, 0.3) is 0 Å². The Morgan fingerprint density at radius 2 is 1.94 bits per heavy atom. The molecule has 2 aliphatic rings. The third-order valence-electron chi connectivity index (χ3n) is 3.29. The van der Waals surface area contributed by atoms with E-state index in [0.29, 0.717) is 44.4 Å². The fourth-order valence-corrected chi connectivity index (χ4v) is 2.47. The molecule has 0 amide bonds. The van der Waals surface area contributed by atoms with Crippen molar-refractivity contribution >= 4 is 5.78 Å². The van der Waals surface area contributed by atoms with Gasteiger partial charge in [0.25, 0.3) is 5.97 Å². The molecular formula is C12H20O4. The van der Waals surface area contributed by atoms with Gasteiger partial charge in [-0.2, -0.15) is 0 Å². The van der Waals surface area contributed by atoms with Crippen LogP contribution in [0.15, 0.2) is 0 Å². The molecule has 0 radical (unpaired) electrons. The van der Waals surface area contributed by atoms with Gasteiger partial charge in [-0.3, -0.25) is 4.79 Å². The van der Waals surface area contributed by atoms with Crippen molar-refractivity contribution in [3.05, 3.63) is 0 Å². The van der Waals surface area contributed by atoms with Crippen molar-refractivity contribution in [2.24, 2.45) is 5.92 Å². The molecule has 0 unspecified atom stereocenters. The van der Waals surface area contributed by atoms with Gasteiger partial charge in [0.2, 0.25) is 0 Å². The number of ketones is 1. The molecule has 0 N–H and O–H groups in total. The number of hydrogen-bond acceptors (Lipinski definition) is 4. The van der Waals surface area contributed by atoms with Crippen molar-refractivity contribution in [1.82, 2.24) is 0 Å². The Morgan fingerprint density at radius 1 is 1.31 bits per heavy atom. The Balaban J connectivity index is 1.88. The van der Waals surface area contributed by atoms with Gasteiger partial charge >= 0.3 is 0 Å². The van der Waals surface area contributed by atoms with Gasteiger partial charge in [-0.15, -0.1) is 0 Å². The molecule has 4 heteroatoms. The molecular weight excluding hydrogens is 208 g/mol. The van der Waals surface area contributed by atoms with Crippen LogP contribution in [0.4, 0.5) is 0 Å². The molecule has 1 saturated heterocycles. The van der Waals surface area contributed by atoms with Gasteiger partial charge in [0.05, 0.1) is 13.2 Å². The van der Waals surface area contributed by atoms with Crippen LogP contribution in [0.5, 0.6) is 0 Å². The summed E-state index contributed by atoms with van der Waals surface area (Å²) in [7, 11) is 0. The first-order valence-corrected chi connectivity index (χ1v) is 6.18. The van der Waals surface area contributed by atoms with E-state index in [9.17, 15) is 4.79 Å². The van der Waals surface area contributed by atoms with Crippen LogP contribution < -0.4 is 0 Å². The molecule has 1 aliphatic carbocycles. The van der Waals surface area contributed by atoms with E-state index in [2.05, 4.69) is 0 Å². The highest BCUT2D eigenvalue weighted by molar-refractivity contribution is 5.78. The van der Waals surface area contributed by atoms with Crippen LogP contribution in [0.3, 0.4) is 0 Å². The Labute approximate surface area is 96.2 Å². The van der Waals surface area contributed by atoms with Crippen LogP contribution >= 0.6 is 0 Å². The molecule has 0 bridgehead atoms. The minimum atomic E-state index is -0.820. The van der Waals surface area contributed by atoms with Crippen molar-refractivity contribution in [1.29, 1.82) is 0 Å². The van der Waals surface area contributed by atoms with Gasteiger partial charge in [-0.05, 0) is 25.7 Å². The zero-order valence-electron chi connectivity index (χ0n) is 9.87. The molecule has 0 aromatic carbocycles. The second-order valence-corrected chi connectivity index (χ2v) is 4.50. The average Bonchev–Trinajstić information content (AvgIpc) is 2.71. The first-order chi connectivity index (χ1) is 7.74. The number of hydrogen-bond donors (Lipinski definition) is 0. The van der Waals surface area contributed by atoms with Gasteiger partial charge in [0, 0.05) is 25.9 Å². The monoisotopic (exact) mass is 228 g/mol. The molecule has 1 saturated carbocycles. The lowest BCUT2D eigenvalue weighted by molar-refractivity contribution is -0.337. The quantitative estimate of drug-likeness (QED) is 0.737. The van der Waals surface area contributed by atoms with Crippen LogP contribution in [0, 0.1) is 5.92 Å². The fraction of sp³-hybridized carbons (Fsp3) is 0.917. The lowest BCUT2D eigenvalue weighted by atomic mass is 9.85. The number of ether oxygens (including phenoxy) is 3. The second-order valence-electron chi connectivity index (χ2n) is 4.50. The van der Waals surface area contributed by atoms with Gasteiger partial charge in [0.15, 0.2) is 0 Å². The van der Waals surface area contributed by atoms with Crippen LogP contribution in [-0.2, 0) is 19.0 Å². The van der Waals surface area contributed by atoms with E-state index in [-0.39, 0.29) is 0 Å². The maximum absolute atomic E-state index is 11.2. The third-order valence-corrected chi connectivity index (χ3v) is 3.29. The van der Waals surface area contributed by atoms with Gasteiger partial charge in [-0.25, -0.2) is 0 Å². The highest BCUT2D eigenvalue weighted by Gasteiger charge is 2.40. The van der Waals surface area contributed by atoms with Gasteiger partial charge < -0.3 is 14.2 Å². The number of rotatable bonds is 4. The summed E-state index contributed by atoms with van der Waals surface area (Å²) in [6.45, 7) is 3.74. The highest BCUT2D eigenvalue weighted by Crippen LogP contribution is 2.34. The minimum Gasteiger partial charge on any atom is -0.328 e. The fourth-order valence-electron chi connectivity index (χ4n) is 2.47. The molecule has 0 aromatic heterocycles. The summed E-state index contributed by atoms with van der Waals surface area (Å²) in [6, 6.07) is 0. The van der Waals surface area contributed by atoms with Gasteiger partial charge in [0.1, 0.15) is 5.78 Å². The number of Topliss-reactive ketones (excluding diaryl/α,β-unsaturated/α-hetero) is 1. The van der Waals surface area contributed by atoms with E-state index in [1.165, 1.54) is 0 Å². The Morgan fingerprint density at radius 3 is 2.50 bits per heavy atom. The van der Waals surface area contributed by atoms with Crippen LogP contribution in [-0.4, -0.2) is 31.6 Å². The normalized spacial score (nSPS) is 26.2.